The molecule has 1 amide bonds. The van der Waals surface area contributed by atoms with Gasteiger partial charge in [0.15, 0.2) is 5.69 Å². The molecule has 4 N–H and O–H groups in total. The first-order valence-electron chi connectivity index (χ1n) is 5.74. The second-order valence-electron chi connectivity index (χ2n) is 4.44. The summed E-state index contributed by atoms with van der Waals surface area (Å²) < 4.78 is 0. The molecule has 6 nitrogen and oxygen atoms in total. The highest BCUT2D eigenvalue weighted by Gasteiger charge is 2.13. The smallest absolute Gasteiger partial charge is 0.272 e. The number of benzene rings is 1. The van der Waals surface area contributed by atoms with Crippen LogP contribution in [0.15, 0.2) is 18.2 Å². The molecular formula is C12H17N5O. The van der Waals surface area contributed by atoms with Crippen molar-refractivity contribution in [1.82, 2.24) is 20.4 Å². The van der Waals surface area contributed by atoms with Gasteiger partial charge in [-0.1, -0.05) is 0 Å². The van der Waals surface area contributed by atoms with Crippen molar-refractivity contribution in [2.45, 2.75) is 0 Å². The molecule has 0 spiro atoms. The van der Waals surface area contributed by atoms with E-state index in [0.717, 1.165) is 17.4 Å². The topological polar surface area (TPSA) is 87.0 Å². The standard InChI is InChI=1S/C12H17N5O/c1-17(2)6-5-14-12(18)11-9-7-8(13)3-4-10(9)15-16-11/h3-4,7H,5-6,13H2,1-2H3,(H,14,18)(H,15,16). The minimum Gasteiger partial charge on any atom is -0.399 e. The third-order valence-corrected chi connectivity index (χ3v) is 2.65. The van der Waals surface area contributed by atoms with E-state index < -0.39 is 0 Å². The average Bonchev–Trinajstić information content (AvgIpc) is 2.71. The fourth-order valence-corrected chi connectivity index (χ4v) is 1.68. The molecule has 0 aliphatic heterocycles. The van der Waals surface area contributed by atoms with Gasteiger partial charge in [-0.15, -0.1) is 0 Å². The van der Waals surface area contributed by atoms with Crippen molar-refractivity contribution in [3.05, 3.63) is 23.9 Å². The Morgan fingerprint density at radius 1 is 1.50 bits per heavy atom. The van der Waals surface area contributed by atoms with E-state index in [9.17, 15) is 4.79 Å². The van der Waals surface area contributed by atoms with Crippen molar-refractivity contribution in [3.8, 4) is 0 Å². The first-order valence-corrected chi connectivity index (χ1v) is 5.74. The molecule has 2 aromatic rings. The highest BCUT2D eigenvalue weighted by molar-refractivity contribution is 6.05. The summed E-state index contributed by atoms with van der Waals surface area (Å²) >= 11 is 0. The van der Waals surface area contributed by atoms with Crippen LogP contribution in [0.2, 0.25) is 0 Å². The van der Waals surface area contributed by atoms with Crippen LogP contribution in [0.3, 0.4) is 0 Å². The number of amides is 1. The predicted molar refractivity (Wildman–Crippen MR) is 71.4 cm³/mol. The Labute approximate surface area is 105 Å². The molecule has 0 unspecified atom stereocenters. The zero-order valence-electron chi connectivity index (χ0n) is 10.5. The SMILES string of the molecule is CN(C)CCNC(=O)c1n[nH]c2ccc(N)cc12. The fraction of sp³-hybridized carbons (Fsp3) is 0.333. The number of likely N-dealkylation sites (N-methyl/N-ethyl adjacent to an activating group) is 1. The summed E-state index contributed by atoms with van der Waals surface area (Å²) in [5.74, 6) is -0.186. The quantitative estimate of drug-likeness (QED) is 0.684. The molecule has 1 aromatic heterocycles. The summed E-state index contributed by atoms with van der Waals surface area (Å²) in [5.41, 5.74) is 7.52. The van der Waals surface area contributed by atoms with E-state index in [0.29, 0.717) is 17.9 Å². The summed E-state index contributed by atoms with van der Waals surface area (Å²) in [6.07, 6.45) is 0. The number of rotatable bonds is 4. The minimum absolute atomic E-state index is 0.186. The summed E-state index contributed by atoms with van der Waals surface area (Å²) in [7, 11) is 3.91. The van der Waals surface area contributed by atoms with Gasteiger partial charge in [0.1, 0.15) is 0 Å². The largest absolute Gasteiger partial charge is 0.399 e. The normalized spacial score (nSPS) is 11.1. The van der Waals surface area contributed by atoms with Crippen molar-refractivity contribution in [3.63, 3.8) is 0 Å². The maximum atomic E-state index is 12.0. The lowest BCUT2D eigenvalue weighted by molar-refractivity contribution is 0.0947. The van der Waals surface area contributed by atoms with Crippen molar-refractivity contribution in [2.24, 2.45) is 0 Å². The van der Waals surface area contributed by atoms with Crippen molar-refractivity contribution in [1.29, 1.82) is 0 Å². The highest BCUT2D eigenvalue weighted by Crippen LogP contribution is 2.18. The Morgan fingerprint density at radius 3 is 3.00 bits per heavy atom. The van der Waals surface area contributed by atoms with Gasteiger partial charge in [-0.05, 0) is 32.3 Å². The van der Waals surface area contributed by atoms with E-state index in [1.54, 1.807) is 12.1 Å². The molecule has 1 heterocycles. The number of H-pyrrole nitrogens is 1. The number of fused-ring (bicyclic) bond motifs is 1. The molecule has 0 aliphatic rings. The number of aromatic amines is 1. The van der Waals surface area contributed by atoms with Crippen LogP contribution in [-0.4, -0.2) is 48.2 Å². The molecule has 0 fully saturated rings. The number of aromatic nitrogens is 2. The molecule has 2 rings (SSSR count). The number of nitrogens with one attached hydrogen (secondary N) is 2. The Bertz CT molecular complexity index is 561. The van der Waals surface area contributed by atoms with Gasteiger partial charge in [0, 0.05) is 24.2 Å². The number of carbonyl (C=O) groups is 1. The van der Waals surface area contributed by atoms with E-state index in [4.69, 9.17) is 5.73 Å². The van der Waals surface area contributed by atoms with E-state index in [-0.39, 0.29) is 5.91 Å². The second kappa shape index (κ2) is 5.05. The fourth-order valence-electron chi connectivity index (χ4n) is 1.68. The summed E-state index contributed by atoms with van der Waals surface area (Å²) in [6.45, 7) is 1.37. The Balaban J connectivity index is 2.15. The number of anilines is 1. The number of nitrogens with zero attached hydrogens (tertiary/aromatic N) is 2. The first kappa shape index (κ1) is 12.4. The maximum absolute atomic E-state index is 12.0. The van der Waals surface area contributed by atoms with Gasteiger partial charge >= 0.3 is 0 Å². The average molecular weight is 247 g/mol. The molecule has 0 saturated heterocycles. The molecule has 96 valence electrons. The zero-order valence-corrected chi connectivity index (χ0v) is 10.5. The van der Waals surface area contributed by atoms with Crippen LogP contribution in [-0.2, 0) is 0 Å². The van der Waals surface area contributed by atoms with Crippen LogP contribution in [0.4, 0.5) is 5.69 Å². The molecule has 0 atom stereocenters. The van der Waals surface area contributed by atoms with E-state index in [2.05, 4.69) is 15.5 Å². The minimum atomic E-state index is -0.186. The molecule has 6 heteroatoms. The molecule has 1 aromatic carbocycles. The van der Waals surface area contributed by atoms with Crippen LogP contribution in [0.25, 0.3) is 10.9 Å². The Kier molecular flexibility index (Phi) is 3.47. The third kappa shape index (κ3) is 2.60. The van der Waals surface area contributed by atoms with Gasteiger partial charge < -0.3 is 16.0 Å². The maximum Gasteiger partial charge on any atom is 0.272 e. The Morgan fingerprint density at radius 2 is 2.28 bits per heavy atom. The number of hydrogen-bond acceptors (Lipinski definition) is 4. The van der Waals surface area contributed by atoms with Crippen molar-refractivity contribution in [2.75, 3.05) is 32.9 Å². The molecule has 0 saturated carbocycles. The lowest BCUT2D eigenvalue weighted by atomic mass is 10.2. The zero-order chi connectivity index (χ0) is 13.1. The van der Waals surface area contributed by atoms with Gasteiger partial charge in [0.05, 0.1) is 5.52 Å². The van der Waals surface area contributed by atoms with Gasteiger partial charge in [-0.2, -0.15) is 5.10 Å². The molecule has 18 heavy (non-hydrogen) atoms. The molecule has 0 bridgehead atoms. The Hall–Kier alpha value is -2.08. The monoisotopic (exact) mass is 247 g/mol. The van der Waals surface area contributed by atoms with Gasteiger partial charge in [-0.3, -0.25) is 9.89 Å². The van der Waals surface area contributed by atoms with Gasteiger partial charge in [0.2, 0.25) is 0 Å². The van der Waals surface area contributed by atoms with Crippen molar-refractivity contribution >= 4 is 22.5 Å². The first-order chi connectivity index (χ1) is 8.58. The van der Waals surface area contributed by atoms with Crippen molar-refractivity contribution < 1.29 is 4.79 Å². The number of carbonyl (C=O) groups excluding carboxylic acids is 1. The lowest BCUT2D eigenvalue weighted by Gasteiger charge is -2.09. The molecular weight excluding hydrogens is 230 g/mol. The van der Waals surface area contributed by atoms with Gasteiger partial charge in [-0.25, -0.2) is 0 Å². The van der Waals surface area contributed by atoms with Crippen LogP contribution < -0.4 is 11.1 Å². The van der Waals surface area contributed by atoms with Gasteiger partial charge in [0.25, 0.3) is 5.91 Å². The summed E-state index contributed by atoms with van der Waals surface area (Å²) in [5, 5.41) is 10.4. The van der Waals surface area contributed by atoms with Crippen LogP contribution in [0.1, 0.15) is 10.5 Å². The third-order valence-electron chi connectivity index (χ3n) is 2.65. The van der Waals surface area contributed by atoms with E-state index in [1.165, 1.54) is 0 Å². The summed E-state index contributed by atoms with van der Waals surface area (Å²) in [6, 6.07) is 5.34. The molecule has 0 aliphatic carbocycles. The lowest BCUT2D eigenvalue weighted by Crippen LogP contribution is -2.31. The van der Waals surface area contributed by atoms with Crippen LogP contribution >= 0.6 is 0 Å². The second-order valence-corrected chi connectivity index (χ2v) is 4.44. The number of nitrogen functional groups attached to an aromatic ring is 1. The highest BCUT2D eigenvalue weighted by atomic mass is 16.1. The van der Waals surface area contributed by atoms with E-state index in [1.807, 2.05) is 25.1 Å². The van der Waals surface area contributed by atoms with E-state index >= 15 is 0 Å². The van der Waals surface area contributed by atoms with Crippen LogP contribution in [0.5, 0.6) is 0 Å². The number of hydrogen-bond donors (Lipinski definition) is 3. The van der Waals surface area contributed by atoms with Crippen LogP contribution in [0, 0.1) is 0 Å². The predicted octanol–water partition coefficient (Wildman–Crippen LogP) is 0.437. The summed E-state index contributed by atoms with van der Waals surface area (Å²) in [4.78, 5) is 14.0. The number of nitrogens with two attached hydrogens (primary N) is 1. The molecule has 0 radical (unpaired) electrons.